The van der Waals surface area contributed by atoms with Gasteiger partial charge in [-0.05, 0) is 42.5 Å². The number of rotatable bonds is 5. The van der Waals surface area contributed by atoms with E-state index in [2.05, 4.69) is 34.5 Å². The van der Waals surface area contributed by atoms with E-state index in [1.807, 2.05) is 29.7 Å². The van der Waals surface area contributed by atoms with Gasteiger partial charge >= 0.3 is 0 Å². The van der Waals surface area contributed by atoms with E-state index < -0.39 is 0 Å². The molecule has 0 spiro atoms. The minimum absolute atomic E-state index is 0.0201. The molecule has 2 aromatic rings. The summed E-state index contributed by atoms with van der Waals surface area (Å²) in [5.74, 6) is -0.0201. The molecule has 1 atom stereocenters. The van der Waals surface area contributed by atoms with Crippen molar-refractivity contribution in [3.05, 3.63) is 58.8 Å². The molecule has 1 fully saturated rings. The first-order valence-electron chi connectivity index (χ1n) is 7.64. The Morgan fingerprint density at radius 3 is 2.91 bits per heavy atom. The molecule has 3 rings (SSSR count). The van der Waals surface area contributed by atoms with Crippen LogP contribution in [0.1, 0.15) is 17.7 Å². The molecule has 0 radical (unpaired) electrons. The zero-order chi connectivity index (χ0) is 15.2. The Bertz CT molecular complexity index is 622. The van der Waals surface area contributed by atoms with Crippen molar-refractivity contribution in [2.75, 3.05) is 18.0 Å². The average molecular weight is 312 g/mol. The van der Waals surface area contributed by atoms with E-state index in [0.29, 0.717) is 12.6 Å². The van der Waals surface area contributed by atoms with Gasteiger partial charge < -0.3 is 10.2 Å². The lowest BCUT2D eigenvalue weighted by molar-refractivity contribution is -0.116. The maximum absolute atomic E-state index is 11.9. The van der Waals surface area contributed by atoms with Gasteiger partial charge in [0.25, 0.3) is 0 Å². The van der Waals surface area contributed by atoms with E-state index in [0.717, 1.165) is 17.8 Å². The van der Waals surface area contributed by atoms with Crippen molar-refractivity contribution in [3.63, 3.8) is 0 Å². The maximum Gasteiger partial charge on any atom is 0.244 e. The fourth-order valence-electron chi connectivity index (χ4n) is 2.83. The predicted octanol–water partition coefficient (Wildman–Crippen LogP) is 3.55. The number of anilines is 1. The molecule has 3 nitrogen and oxygen atoms in total. The van der Waals surface area contributed by atoms with Crippen LogP contribution in [0.15, 0.2) is 53.9 Å². The molecule has 4 heteroatoms. The van der Waals surface area contributed by atoms with Crippen LogP contribution in [0.3, 0.4) is 0 Å². The highest BCUT2D eigenvalue weighted by molar-refractivity contribution is 7.10. The number of benzene rings is 1. The molecule has 1 saturated heterocycles. The number of hydrogen-bond acceptors (Lipinski definition) is 3. The second-order valence-corrected chi connectivity index (χ2v) is 6.40. The minimum Gasteiger partial charge on any atom is -0.367 e. The highest BCUT2D eigenvalue weighted by atomic mass is 32.1. The standard InChI is InChI=1S/C18H20N2OS/c21-18(11-10-17-9-5-13-22-17)19-14-16-8-4-12-20(16)15-6-2-1-3-7-15/h1-3,5-7,9-11,13,16H,4,8,12,14H2,(H,19,21)/b11-10+. The molecule has 1 amide bonds. The molecular weight excluding hydrogens is 292 g/mol. The number of hydrogen-bond donors (Lipinski definition) is 1. The lowest BCUT2D eigenvalue weighted by atomic mass is 10.2. The summed E-state index contributed by atoms with van der Waals surface area (Å²) < 4.78 is 0. The number of amides is 1. The molecule has 1 aliphatic heterocycles. The van der Waals surface area contributed by atoms with Gasteiger partial charge in [0.2, 0.25) is 5.91 Å². The van der Waals surface area contributed by atoms with E-state index >= 15 is 0 Å². The first-order valence-corrected chi connectivity index (χ1v) is 8.52. The van der Waals surface area contributed by atoms with Gasteiger partial charge in [0, 0.05) is 35.8 Å². The van der Waals surface area contributed by atoms with Gasteiger partial charge in [0.1, 0.15) is 0 Å². The zero-order valence-corrected chi connectivity index (χ0v) is 13.3. The summed E-state index contributed by atoms with van der Waals surface area (Å²) in [6.45, 7) is 1.76. The molecule has 1 aliphatic rings. The number of carbonyl (C=O) groups is 1. The van der Waals surface area contributed by atoms with Gasteiger partial charge in [0.05, 0.1) is 0 Å². The molecule has 0 aliphatic carbocycles. The van der Waals surface area contributed by atoms with Crippen molar-refractivity contribution in [1.29, 1.82) is 0 Å². The van der Waals surface area contributed by atoms with Crippen LogP contribution in [0, 0.1) is 0 Å². The van der Waals surface area contributed by atoms with Gasteiger partial charge in [-0.15, -0.1) is 11.3 Å². The van der Waals surface area contributed by atoms with E-state index in [-0.39, 0.29) is 5.91 Å². The van der Waals surface area contributed by atoms with Crippen molar-refractivity contribution in [1.82, 2.24) is 5.32 Å². The van der Waals surface area contributed by atoms with Crippen LogP contribution in [-0.4, -0.2) is 25.0 Å². The molecule has 0 saturated carbocycles. The van der Waals surface area contributed by atoms with Crippen LogP contribution >= 0.6 is 11.3 Å². The Kier molecular flexibility index (Phi) is 4.91. The lowest BCUT2D eigenvalue weighted by Gasteiger charge is -2.26. The van der Waals surface area contributed by atoms with Crippen molar-refractivity contribution >= 4 is 29.0 Å². The monoisotopic (exact) mass is 312 g/mol. The largest absolute Gasteiger partial charge is 0.367 e. The van der Waals surface area contributed by atoms with Crippen molar-refractivity contribution in [2.24, 2.45) is 0 Å². The Balaban J connectivity index is 1.53. The van der Waals surface area contributed by atoms with Gasteiger partial charge in [-0.3, -0.25) is 4.79 Å². The third kappa shape index (κ3) is 3.77. The molecule has 0 bridgehead atoms. The quantitative estimate of drug-likeness (QED) is 0.856. The number of carbonyl (C=O) groups excluding carboxylic acids is 1. The molecule has 1 aromatic heterocycles. The van der Waals surface area contributed by atoms with Crippen molar-refractivity contribution < 1.29 is 4.79 Å². The van der Waals surface area contributed by atoms with Crippen LogP contribution in [0.5, 0.6) is 0 Å². The molecular formula is C18H20N2OS. The molecule has 1 N–H and O–H groups in total. The highest BCUT2D eigenvalue weighted by Crippen LogP contribution is 2.24. The van der Waals surface area contributed by atoms with E-state index in [1.165, 1.54) is 12.1 Å². The van der Waals surface area contributed by atoms with Gasteiger partial charge in [-0.1, -0.05) is 24.3 Å². The third-order valence-electron chi connectivity index (χ3n) is 3.92. The van der Waals surface area contributed by atoms with Crippen LogP contribution in [0.25, 0.3) is 6.08 Å². The number of thiophene rings is 1. The summed E-state index contributed by atoms with van der Waals surface area (Å²) in [5, 5.41) is 5.03. The Morgan fingerprint density at radius 1 is 1.27 bits per heavy atom. The number of nitrogens with zero attached hydrogens (tertiary/aromatic N) is 1. The number of nitrogens with one attached hydrogen (secondary N) is 1. The summed E-state index contributed by atoms with van der Waals surface area (Å²) >= 11 is 1.63. The Hall–Kier alpha value is -2.07. The second-order valence-electron chi connectivity index (χ2n) is 5.42. The zero-order valence-electron chi connectivity index (χ0n) is 12.4. The van der Waals surface area contributed by atoms with Crippen molar-refractivity contribution in [2.45, 2.75) is 18.9 Å². The topological polar surface area (TPSA) is 32.3 Å². The van der Waals surface area contributed by atoms with Crippen LogP contribution < -0.4 is 10.2 Å². The summed E-state index contributed by atoms with van der Waals surface area (Å²) in [6.07, 6.45) is 5.79. The SMILES string of the molecule is O=C(/C=C/c1cccs1)NCC1CCCN1c1ccccc1. The summed E-state index contributed by atoms with van der Waals surface area (Å²) in [6, 6.07) is 14.8. The Labute approximate surface area is 135 Å². The first-order chi connectivity index (χ1) is 10.8. The third-order valence-corrected chi connectivity index (χ3v) is 4.76. The fraction of sp³-hybridized carbons (Fsp3) is 0.278. The molecule has 22 heavy (non-hydrogen) atoms. The van der Waals surface area contributed by atoms with Crippen LogP contribution in [-0.2, 0) is 4.79 Å². The van der Waals surface area contributed by atoms with E-state index in [1.54, 1.807) is 17.4 Å². The maximum atomic E-state index is 11.9. The van der Waals surface area contributed by atoms with Crippen LogP contribution in [0.4, 0.5) is 5.69 Å². The van der Waals surface area contributed by atoms with Crippen molar-refractivity contribution in [3.8, 4) is 0 Å². The summed E-state index contributed by atoms with van der Waals surface area (Å²) in [4.78, 5) is 15.4. The first kappa shape index (κ1) is 14.9. The second kappa shape index (κ2) is 7.27. The normalized spacial score (nSPS) is 18.0. The van der Waals surface area contributed by atoms with E-state index in [9.17, 15) is 4.79 Å². The lowest BCUT2D eigenvalue weighted by Crippen LogP contribution is -2.39. The number of para-hydroxylation sites is 1. The molecule has 2 heterocycles. The molecule has 1 unspecified atom stereocenters. The highest BCUT2D eigenvalue weighted by Gasteiger charge is 2.24. The van der Waals surface area contributed by atoms with Crippen LogP contribution in [0.2, 0.25) is 0 Å². The van der Waals surface area contributed by atoms with Gasteiger partial charge in [-0.25, -0.2) is 0 Å². The van der Waals surface area contributed by atoms with E-state index in [4.69, 9.17) is 0 Å². The minimum atomic E-state index is -0.0201. The molecule has 1 aromatic carbocycles. The van der Waals surface area contributed by atoms with Gasteiger partial charge in [-0.2, -0.15) is 0 Å². The predicted molar refractivity (Wildman–Crippen MR) is 93.2 cm³/mol. The fourth-order valence-corrected chi connectivity index (χ4v) is 3.45. The molecule has 114 valence electrons. The average Bonchev–Trinajstić information content (AvgIpc) is 3.23. The smallest absolute Gasteiger partial charge is 0.244 e. The van der Waals surface area contributed by atoms with Gasteiger partial charge in [0.15, 0.2) is 0 Å². The summed E-state index contributed by atoms with van der Waals surface area (Å²) in [5.41, 5.74) is 1.24. The Morgan fingerprint density at radius 2 is 2.14 bits per heavy atom. The summed E-state index contributed by atoms with van der Waals surface area (Å²) in [7, 11) is 0.